The van der Waals surface area contributed by atoms with Crippen molar-refractivity contribution in [1.29, 1.82) is 0 Å². The molecule has 5 rings (SSSR count). The van der Waals surface area contributed by atoms with Crippen LogP contribution in [0.2, 0.25) is 0 Å². The minimum Gasteiger partial charge on any atom is -0.497 e. The van der Waals surface area contributed by atoms with Crippen LogP contribution in [-0.2, 0) is 0 Å². The van der Waals surface area contributed by atoms with Crippen LogP contribution in [0, 0.1) is 0 Å². The first-order valence-electron chi connectivity index (χ1n) is 10.7. The van der Waals surface area contributed by atoms with Gasteiger partial charge in [-0.05, 0) is 60.7 Å². The van der Waals surface area contributed by atoms with E-state index >= 15 is 0 Å². The van der Waals surface area contributed by atoms with Gasteiger partial charge in [-0.3, -0.25) is 4.98 Å². The molecular formula is C26H24N4O2S. The number of pyridine rings is 1. The minimum atomic E-state index is -0.153. The Morgan fingerprint density at radius 1 is 0.909 bits per heavy atom. The normalized spacial score (nSPS) is 17.6. The smallest absolute Gasteiger partial charge is 0.174 e. The maximum absolute atomic E-state index is 5.85. The van der Waals surface area contributed by atoms with Gasteiger partial charge in [-0.1, -0.05) is 24.3 Å². The van der Waals surface area contributed by atoms with E-state index in [0.29, 0.717) is 5.11 Å². The van der Waals surface area contributed by atoms with E-state index in [1.54, 1.807) is 14.2 Å². The van der Waals surface area contributed by atoms with Crippen LogP contribution >= 0.6 is 12.2 Å². The number of hydrogen-bond donors (Lipinski definition) is 1. The first-order valence-corrected chi connectivity index (χ1v) is 11.1. The number of methoxy groups -OCH3 is 2. The number of aromatic nitrogens is 2. The molecule has 0 unspecified atom stereocenters. The zero-order chi connectivity index (χ0) is 22.8. The third kappa shape index (κ3) is 3.81. The molecule has 7 heteroatoms. The fraction of sp³-hybridized carbons (Fsp3) is 0.154. The van der Waals surface area contributed by atoms with Crippen LogP contribution in [0.5, 0.6) is 11.5 Å². The van der Waals surface area contributed by atoms with Gasteiger partial charge in [-0.25, -0.2) is 0 Å². The third-order valence-electron chi connectivity index (χ3n) is 5.86. The summed E-state index contributed by atoms with van der Waals surface area (Å²) < 4.78 is 13.3. The van der Waals surface area contributed by atoms with Gasteiger partial charge < -0.3 is 24.3 Å². The van der Waals surface area contributed by atoms with E-state index in [-0.39, 0.29) is 12.1 Å². The van der Waals surface area contributed by atoms with Gasteiger partial charge in [0.05, 0.1) is 31.6 Å². The van der Waals surface area contributed by atoms with Crippen molar-refractivity contribution in [3.8, 4) is 17.2 Å². The Kier molecular flexibility index (Phi) is 5.71. The summed E-state index contributed by atoms with van der Waals surface area (Å²) in [5.41, 5.74) is 3.89. The number of ether oxygens (including phenoxy) is 2. The number of para-hydroxylation sites is 2. The SMILES string of the molecule is COc1cccc(N2C(=S)N[C@H](c3ccccn3)[C@H]2c2cccn2-c2ccccc2OC)c1. The second-order valence-corrected chi connectivity index (χ2v) is 8.06. The first-order chi connectivity index (χ1) is 16.2. The highest BCUT2D eigenvalue weighted by Crippen LogP contribution is 2.43. The lowest BCUT2D eigenvalue weighted by atomic mass is 10.0. The minimum absolute atomic E-state index is 0.145. The average Bonchev–Trinajstić information content (AvgIpc) is 3.48. The molecular weight excluding hydrogens is 432 g/mol. The van der Waals surface area contributed by atoms with Gasteiger partial charge in [0.1, 0.15) is 17.5 Å². The number of benzene rings is 2. The first kappa shape index (κ1) is 21.0. The van der Waals surface area contributed by atoms with Crippen molar-refractivity contribution in [2.24, 2.45) is 0 Å². The molecule has 2 aromatic heterocycles. The lowest BCUT2D eigenvalue weighted by Crippen LogP contribution is -2.30. The highest BCUT2D eigenvalue weighted by molar-refractivity contribution is 7.80. The number of nitrogens with one attached hydrogen (secondary N) is 1. The third-order valence-corrected chi connectivity index (χ3v) is 6.17. The van der Waals surface area contributed by atoms with Crippen LogP contribution < -0.4 is 19.7 Å². The maximum Gasteiger partial charge on any atom is 0.174 e. The Morgan fingerprint density at radius 3 is 2.55 bits per heavy atom. The van der Waals surface area contributed by atoms with Crippen LogP contribution in [0.4, 0.5) is 5.69 Å². The molecule has 6 nitrogen and oxygen atoms in total. The van der Waals surface area contributed by atoms with E-state index in [0.717, 1.165) is 34.3 Å². The van der Waals surface area contributed by atoms with Crippen molar-refractivity contribution in [2.75, 3.05) is 19.1 Å². The average molecular weight is 457 g/mol. The van der Waals surface area contributed by atoms with Gasteiger partial charge in [-0.2, -0.15) is 0 Å². The van der Waals surface area contributed by atoms with Gasteiger partial charge in [0.2, 0.25) is 0 Å². The van der Waals surface area contributed by atoms with Crippen LogP contribution in [0.15, 0.2) is 91.3 Å². The summed E-state index contributed by atoms with van der Waals surface area (Å²) in [6, 6.07) is 25.7. The van der Waals surface area contributed by atoms with Crippen molar-refractivity contribution in [1.82, 2.24) is 14.9 Å². The Labute approximate surface area is 198 Å². The molecule has 0 bridgehead atoms. The zero-order valence-electron chi connectivity index (χ0n) is 18.4. The molecule has 1 saturated heterocycles. The summed E-state index contributed by atoms with van der Waals surface area (Å²) in [4.78, 5) is 6.78. The molecule has 0 spiro atoms. The van der Waals surface area contributed by atoms with E-state index < -0.39 is 0 Å². The molecule has 2 atom stereocenters. The second kappa shape index (κ2) is 8.96. The second-order valence-electron chi connectivity index (χ2n) is 7.67. The van der Waals surface area contributed by atoms with Gasteiger partial charge in [0, 0.05) is 29.8 Å². The number of anilines is 1. The van der Waals surface area contributed by atoms with Crippen LogP contribution in [0.1, 0.15) is 23.5 Å². The Bertz CT molecular complexity index is 1270. The van der Waals surface area contributed by atoms with Gasteiger partial charge in [0.15, 0.2) is 5.11 Å². The molecule has 3 heterocycles. The molecule has 1 fully saturated rings. The quantitative estimate of drug-likeness (QED) is 0.409. The number of hydrogen-bond acceptors (Lipinski definition) is 4. The molecule has 33 heavy (non-hydrogen) atoms. The Morgan fingerprint density at radius 2 is 1.76 bits per heavy atom. The predicted molar refractivity (Wildman–Crippen MR) is 133 cm³/mol. The Hall–Kier alpha value is -3.84. The van der Waals surface area contributed by atoms with Gasteiger partial charge in [-0.15, -0.1) is 0 Å². The fourth-order valence-electron chi connectivity index (χ4n) is 4.38. The van der Waals surface area contributed by atoms with Crippen LogP contribution in [0.3, 0.4) is 0 Å². The summed E-state index contributed by atoms with van der Waals surface area (Å²) in [6.45, 7) is 0. The zero-order valence-corrected chi connectivity index (χ0v) is 19.2. The molecule has 0 amide bonds. The monoisotopic (exact) mass is 456 g/mol. The molecule has 4 aromatic rings. The van der Waals surface area contributed by atoms with Crippen molar-refractivity contribution in [3.05, 3.63) is 103 Å². The van der Waals surface area contributed by atoms with E-state index in [2.05, 4.69) is 31.9 Å². The van der Waals surface area contributed by atoms with Crippen molar-refractivity contribution < 1.29 is 9.47 Å². The van der Waals surface area contributed by atoms with Crippen LogP contribution in [-0.4, -0.2) is 28.9 Å². The van der Waals surface area contributed by atoms with Crippen molar-refractivity contribution in [2.45, 2.75) is 12.1 Å². The Balaban J connectivity index is 1.68. The molecule has 166 valence electrons. The van der Waals surface area contributed by atoms with Gasteiger partial charge in [0.25, 0.3) is 0 Å². The number of nitrogens with zero attached hydrogens (tertiary/aromatic N) is 3. The van der Waals surface area contributed by atoms with Crippen LogP contribution in [0.25, 0.3) is 5.69 Å². The van der Waals surface area contributed by atoms with Crippen molar-refractivity contribution in [3.63, 3.8) is 0 Å². The molecule has 1 aliphatic rings. The molecule has 0 radical (unpaired) electrons. The van der Waals surface area contributed by atoms with E-state index in [1.807, 2.05) is 79.1 Å². The van der Waals surface area contributed by atoms with E-state index in [1.165, 1.54) is 0 Å². The molecule has 1 aliphatic heterocycles. The lowest BCUT2D eigenvalue weighted by Gasteiger charge is -2.29. The standard InChI is InChI=1S/C26H24N4O2S/c1-31-19-10-7-9-18(17-19)30-25(24(28-26(30)33)20-11-5-6-15-27-20)22-13-8-16-29(22)21-12-3-4-14-23(21)32-2/h3-17,24-25H,1-2H3,(H,28,33)/t24-,25-/m1/s1. The van der Waals surface area contributed by atoms with Crippen molar-refractivity contribution >= 4 is 23.0 Å². The predicted octanol–water partition coefficient (Wildman–Crippen LogP) is 5.07. The number of thiocarbonyl (C=S) groups is 1. The summed E-state index contributed by atoms with van der Waals surface area (Å²) in [5, 5.41) is 4.15. The molecule has 0 saturated carbocycles. The van der Waals surface area contributed by atoms with E-state index in [4.69, 9.17) is 21.7 Å². The van der Waals surface area contributed by atoms with Gasteiger partial charge >= 0.3 is 0 Å². The number of rotatable bonds is 6. The molecule has 0 aliphatic carbocycles. The highest BCUT2D eigenvalue weighted by Gasteiger charge is 2.42. The topological polar surface area (TPSA) is 51.5 Å². The fourth-order valence-corrected chi connectivity index (χ4v) is 4.72. The highest BCUT2D eigenvalue weighted by atomic mass is 32.1. The summed E-state index contributed by atoms with van der Waals surface area (Å²) in [5.74, 6) is 1.57. The lowest BCUT2D eigenvalue weighted by molar-refractivity contribution is 0.412. The molecule has 2 aromatic carbocycles. The summed E-state index contributed by atoms with van der Waals surface area (Å²) in [7, 11) is 3.36. The van der Waals surface area contributed by atoms with E-state index in [9.17, 15) is 0 Å². The summed E-state index contributed by atoms with van der Waals surface area (Å²) in [6.07, 6.45) is 3.86. The summed E-state index contributed by atoms with van der Waals surface area (Å²) >= 11 is 5.85. The largest absolute Gasteiger partial charge is 0.497 e. The molecule has 1 N–H and O–H groups in total. The maximum atomic E-state index is 5.85.